The van der Waals surface area contributed by atoms with Gasteiger partial charge < -0.3 is 10.1 Å². The summed E-state index contributed by atoms with van der Waals surface area (Å²) in [7, 11) is 3.57. The Hall–Kier alpha value is -1.88. The van der Waals surface area contributed by atoms with Crippen LogP contribution in [0, 0.1) is 6.92 Å². The monoisotopic (exact) mass is 246 g/mol. The lowest BCUT2D eigenvalue weighted by Gasteiger charge is -2.06. The highest BCUT2D eigenvalue weighted by Gasteiger charge is 2.03. The van der Waals surface area contributed by atoms with Crippen molar-refractivity contribution >= 4 is 0 Å². The highest BCUT2D eigenvalue weighted by atomic mass is 16.5. The second-order valence-corrected chi connectivity index (χ2v) is 4.19. The number of aromatic nitrogens is 3. The number of nitrogens with one attached hydrogen (secondary N) is 1. The average molecular weight is 246 g/mol. The van der Waals surface area contributed by atoms with Gasteiger partial charge in [-0.2, -0.15) is 5.10 Å². The first kappa shape index (κ1) is 12.6. The van der Waals surface area contributed by atoms with Crippen molar-refractivity contribution in [2.24, 2.45) is 7.05 Å². The van der Waals surface area contributed by atoms with Crippen LogP contribution in [-0.4, -0.2) is 21.9 Å². The third kappa shape index (κ3) is 2.87. The molecule has 0 bridgehead atoms. The minimum Gasteiger partial charge on any atom is -0.481 e. The number of pyridine rings is 1. The molecule has 0 aliphatic rings. The Bertz CT molecular complexity index is 521. The van der Waals surface area contributed by atoms with Crippen LogP contribution in [0.2, 0.25) is 0 Å². The van der Waals surface area contributed by atoms with Crippen LogP contribution in [0.4, 0.5) is 0 Å². The van der Waals surface area contributed by atoms with Gasteiger partial charge in [-0.3, -0.25) is 4.68 Å². The van der Waals surface area contributed by atoms with Crippen molar-refractivity contribution in [1.82, 2.24) is 20.1 Å². The van der Waals surface area contributed by atoms with E-state index in [-0.39, 0.29) is 0 Å². The minimum atomic E-state index is 0.645. The first-order valence-corrected chi connectivity index (χ1v) is 5.88. The lowest BCUT2D eigenvalue weighted by Crippen LogP contribution is -2.13. The Morgan fingerprint density at radius 3 is 2.89 bits per heavy atom. The molecular weight excluding hydrogens is 228 g/mol. The highest BCUT2D eigenvalue weighted by Crippen LogP contribution is 2.09. The van der Waals surface area contributed by atoms with Gasteiger partial charge in [0.05, 0.1) is 13.3 Å². The molecule has 0 aromatic carbocycles. The SMILES string of the molecule is COc1cc(CNCc2cnn(C)c2C)ccn1. The highest BCUT2D eigenvalue weighted by molar-refractivity contribution is 5.21. The predicted molar refractivity (Wildman–Crippen MR) is 69.3 cm³/mol. The fourth-order valence-corrected chi connectivity index (χ4v) is 1.73. The van der Waals surface area contributed by atoms with Crippen LogP contribution in [0.15, 0.2) is 24.5 Å². The average Bonchev–Trinajstić information content (AvgIpc) is 2.71. The summed E-state index contributed by atoms with van der Waals surface area (Å²) < 4.78 is 6.97. The maximum atomic E-state index is 5.09. The number of aryl methyl sites for hydroxylation is 1. The first-order chi connectivity index (χ1) is 8.70. The number of methoxy groups -OCH3 is 1. The zero-order valence-corrected chi connectivity index (χ0v) is 11.0. The number of rotatable bonds is 5. The molecule has 0 saturated heterocycles. The van der Waals surface area contributed by atoms with E-state index in [4.69, 9.17) is 4.74 Å². The molecule has 1 N–H and O–H groups in total. The summed E-state index contributed by atoms with van der Waals surface area (Å²) in [4.78, 5) is 4.08. The molecule has 18 heavy (non-hydrogen) atoms. The normalized spacial score (nSPS) is 10.6. The molecule has 0 atom stereocenters. The van der Waals surface area contributed by atoms with Gasteiger partial charge in [0.15, 0.2) is 0 Å². The van der Waals surface area contributed by atoms with Gasteiger partial charge >= 0.3 is 0 Å². The quantitative estimate of drug-likeness (QED) is 0.867. The summed E-state index contributed by atoms with van der Waals surface area (Å²) in [5.41, 5.74) is 3.57. The van der Waals surface area contributed by atoms with E-state index in [0.717, 1.165) is 18.7 Å². The largest absolute Gasteiger partial charge is 0.481 e. The van der Waals surface area contributed by atoms with Gasteiger partial charge in [0, 0.05) is 43.7 Å². The molecule has 96 valence electrons. The van der Waals surface area contributed by atoms with Crippen molar-refractivity contribution in [3.8, 4) is 5.88 Å². The number of hydrogen-bond donors (Lipinski definition) is 1. The lowest BCUT2D eigenvalue weighted by molar-refractivity contribution is 0.397. The molecule has 2 aromatic rings. The summed E-state index contributed by atoms with van der Waals surface area (Å²) in [5, 5.41) is 7.60. The van der Waals surface area contributed by atoms with E-state index in [0.29, 0.717) is 5.88 Å². The predicted octanol–water partition coefficient (Wildman–Crippen LogP) is 1.42. The molecule has 2 aromatic heterocycles. The summed E-state index contributed by atoms with van der Waals surface area (Å²) >= 11 is 0. The molecule has 0 amide bonds. The lowest BCUT2D eigenvalue weighted by atomic mass is 10.2. The van der Waals surface area contributed by atoms with E-state index in [2.05, 4.69) is 22.3 Å². The van der Waals surface area contributed by atoms with E-state index in [1.807, 2.05) is 30.1 Å². The van der Waals surface area contributed by atoms with Crippen molar-refractivity contribution in [3.63, 3.8) is 0 Å². The summed E-state index contributed by atoms with van der Waals surface area (Å²) in [6.07, 6.45) is 3.65. The van der Waals surface area contributed by atoms with Gasteiger partial charge in [-0.05, 0) is 18.6 Å². The Balaban J connectivity index is 1.90. The van der Waals surface area contributed by atoms with Gasteiger partial charge in [0.2, 0.25) is 5.88 Å². The van der Waals surface area contributed by atoms with Crippen molar-refractivity contribution in [2.75, 3.05) is 7.11 Å². The van der Waals surface area contributed by atoms with E-state index < -0.39 is 0 Å². The van der Waals surface area contributed by atoms with Crippen LogP contribution in [-0.2, 0) is 20.1 Å². The fourth-order valence-electron chi connectivity index (χ4n) is 1.73. The van der Waals surface area contributed by atoms with Gasteiger partial charge in [0.1, 0.15) is 0 Å². The molecule has 0 fully saturated rings. The van der Waals surface area contributed by atoms with Crippen LogP contribution in [0.25, 0.3) is 0 Å². The molecule has 0 unspecified atom stereocenters. The van der Waals surface area contributed by atoms with Gasteiger partial charge in [-0.25, -0.2) is 4.98 Å². The van der Waals surface area contributed by atoms with E-state index in [9.17, 15) is 0 Å². The maximum Gasteiger partial charge on any atom is 0.213 e. The molecule has 2 rings (SSSR count). The van der Waals surface area contributed by atoms with E-state index in [1.54, 1.807) is 13.3 Å². The van der Waals surface area contributed by atoms with Gasteiger partial charge in [-0.15, -0.1) is 0 Å². The molecule has 2 heterocycles. The Kier molecular flexibility index (Phi) is 3.94. The molecule has 0 radical (unpaired) electrons. The van der Waals surface area contributed by atoms with E-state index in [1.165, 1.54) is 11.3 Å². The first-order valence-electron chi connectivity index (χ1n) is 5.88. The van der Waals surface area contributed by atoms with Crippen molar-refractivity contribution in [3.05, 3.63) is 41.3 Å². The number of hydrogen-bond acceptors (Lipinski definition) is 4. The summed E-state index contributed by atoms with van der Waals surface area (Å²) in [6.45, 7) is 3.66. The molecule has 0 saturated carbocycles. The fraction of sp³-hybridized carbons (Fsp3) is 0.385. The minimum absolute atomic E-state index is 0.645. The molecular formula is C13H18N4O. The summed E-state index contributed by atoms with van der Waals surface area (Å²) in [5.74, 6) is 0.645. The Morgan fingerprint density at radius 1 is 1.39 bits per heavy atom. The number of ether oxygens (including phenoxy) is 1. The van der Waals surface area contributed by atoms with Crippen LogP contribution in [0.1, 0.15) is 16.8 Å². The standard InChI is InChI=1S/C13H18N4O/c1-10-12(9-16-17(10)2)8-14-7-11-4-5-15-13(6-11)18-3/h4-6,9,14H,7-8H2,1-3H3. The molecule has 5 nitrogen and oxygen atoms in total. The van der Waals surface area contributed by atoms with Crippen LogP contribution < -0.4 is 10.1 Å². The molecule has 5 heteroatoms. The van der Waals surface area contributed by atoms with Gasteiger partial charge in [0.25, 0.3) is 0 Å². The zero-order valence-electron chi connectivity index (χ0n) is 11.0. The zero-order chi connectivity index (χ0) is 13.0. The number of nitrogens with zero attached hydrogens (tertiary/aromatic N) is 3. The van der Waals surface area contributed by atoms with Gasteiger partial charge in [-0.1, -0.05) is 0 Å². The maximum absolute atomic E-state index is 5.09. The molecule has 0 aliphatic carbocycles. The molecule has 0 aliphatic heterocycles. The Labute approximate surface area is 107 Å². The third-order valence-corrected chi connectivity index (χ3v) is 2.99. The second kappa shape index (κ2) is 5.64. The van der Waals surface area contributed by atoms with Crippen LogP contribution in [0.3, 0.4) is 0 Å². The van der Waals surface area contributed by atoms with Crippen molar-refractivity contribution in [2.45, 2.75) is 20.0 Å². The van der Waals surface area contributed by atoms with Crippen molar-refractivity contribution in [1.29, 1.82) is 0 Å². The second-order valence-electron chi connectivity index (χ2n) is 4.19. The topological polar surface area (TPSA) is 52.0 Å². The third-order valence-electron chi connectivity index (χ3n) is 2.99. The molecule has 0 spiro atoms. The smallest absolute Gasteiger partial charge is 0.213 e. The van der Waals surface area contributed by atoms with Crippen LogP contribution in [0.5, 0.6) is 5.88 Å². The summed E-state index contributed by atoms with van der Waals surface area (Å²) in [6, 6.07) is 3.91. The Morgan fingerprint density at radius 2 is 2.22 bits per heavy atom. The van der Waals surface area contributed by atoms with Crippen LogP contribution >= 0.6 is 0 Å². The van der Waals surface area contributed by atoms with E-state index >= 15 is 0 Å². The van der Waals surface area contributed by atoms with Crippen molar-refractivity contribution < 1.29 is 4.74 Å².